The molecule has 5 nitrogen and oxygen atoms in total. The molecule has 1 saturated heterocycles. The Balaban J connectivity index is 1.93. The van der Waals surface area contributed by atoms with Gasteiger partial charge in [0.2, 0.25) is 5.91 Å². The van der Waals surface area contributed by atoms with Gasteiger partial charge in [0.15, 0.2) is 0 Å². The maximum atomic E-state index is 13.0. The standard InChI is InChI=1S/C20H25N3O2/c1-19(2)12-15(17(22-25)20(3,4)23-19)18(24)21-16-11-7-9-13-8-5-6-10-14(13)16/h5-11,15,23,25H,12H2,1-4H3,(H,21,24). The van der Waals surface area contributed by atoms with E-state index in [1.165, 1.54) is 0 Å². The number of carbonyl (C=O) groups is 1. The molecule has 132 valence electrons. The largest absolute Gasteiger partial charge is 0.411 e. The van der Waals surface area contributed by atoms with Gasteiger partial charge in [0.05, 0.1) is 17.2 Å². The van der Waals surface area contributed by atoms with E-state index in [2.05, 4.69) is 29.6 Å². The van der Waals surface area contributed by atoms with Crippen LogP contribution in [0.4, 0.5) is 5.69 Å². The summed E-state index contributed by atoms with van der Waals surface area (Å²) in [4.78, 5) is 13.0. The van der Waals surface area contributed by atoms with Crippen molar-refractivity contribution in [2.24, 2.45) is 11.1 Å². The van der Waals surface area contributed by atoms with Gasteiger partial charge < -0.3 is 15.8 Å². The van der Waals surface area contributed by atoms with Gasteiger partial charge >= 0.3 is 0 Å². The number of hydrogen-bond acceptors (Lipinski definition) is 4. The van der Waals surface area contributed by atoms with E-state index in [4.69, 9.17) is 0 Å². The number of nitrogens with one attached hydrogen (secondary N) is 2. The normalized spacial score (nSPS) is 23.5. The number of oxime groups is 1. The van der Waals surface area contributed by atoms with Crippen molar-refractivity contribution >= 4 is 28.1 Å². The topological polar surface area (TPSA) is 73.7 Å². The summed E-state index contributed by atoms with van der Waals surface area (Å²) < 4.78 is 0. The summed E-state index contributed by atoms with van der Waals surface area (Å²) in [7, 11) is 0. The van der Waals surface area contributed by atoms with Crippen molar-refractivity contribution < 1.29 is 10.0 Å². The Bertz CT molecular complexity index is 834. The molecule has 0 bridgehead atoms. The van der Waals surface area contributed by atoms with Gasteiger partial charge in [-0.1, -0.05) is 41.6 Å². The van der Waals surface area contributed by atoms with Crippen LogP contribution in [0.15, 0.2) is 47.6 Å². The van der Waals surface area contributed by atoms with E-state index in [-0.39, 0.29) is 11.4 Å². The van der Waals surface area contributed by atoms with Crippen molar-refractivity contribution in [3.8, 4) is 0 Å². The van der Waals surface area contributed by atoms with Gasteiger partial charge in [-0.25, -0.2) is 0 Å². The maximum Gasteiger partial charge on any atom is 0.233 e. The summed E-state index contributed by atoms with van der Waals surface area (Å²) in [5.41, 5.74) is 0.439. The molecule has 0 radical (unpaired) electrons. The third-order valence-corrected chi connectivity index (χ3v) is 4.81. The van der Waals surface area contributed by atoms with Crippen LogP contribution in [0.2, 0.25) is 0 Å². The molecule has 0 aliphatic carbocycles. The summed E-state index contributed by atoms with van der Waals surface area (Å²) >= 11 is 0. The highest BCUT2D eigenvalue weighted by molar-refractivity contribution is 6.14. The third-order valence-electron chi connectivity index (χ3n) is 4.81. The average Bonchev–Trinajstić information content (AvgIpc) is 2.52. The van der Waals surface area contributed by atoms with Crippen LogP contribution >= 0.6 is 0 Å². The minimum absolute atomic E-state index is 0.146. The van der Waals surface area contributed by atoms with Crippen LogP contribution in [0.25, 0.3) is 10.8 Å². The lowest BCUT2D eigenvalue weighted by Gasteiger charge is -2.46. The number of amides is 1. The molecule has 1 heterocycles. The fourth-order valence-corrected chi connectivity index (χ4v) is 3.97. The monoisotopic (exact) mass is 339 g/mol. The Morgan fingerprint density at radius 1 is 1.16 bits per heavy atom. The van der Waals surface area contributed by atoms with Crippen LogP contribution in [0.3, 0.4) is 0 Å². The molecule has 3 N–H and O–H groups in total. The van der Waals surface area contributed by atoms with Crippen molar-refractivity contribution in [1.82, 2.24) is 5.32 Å². The predicted molar refractivity (Wildman–Crippen MR) is 101 cm³/mol. The number of carbonyl (C=O) groups excluding carboxylic acids is 1. The Hall–Kier alpha value is -2.40. The van der Waals surface area contributed by atoms with Crippen LogP contribution in [-0.4, -0.2) is 27.9 Å². The summed E-state index contributed by atoms with van der Waals surface area (Å²) in [6.45, 7) is 7.98. The molecule has 5 heteroatoms. The first-order valence-electron chi connectivity index (χ1n) is 8.54. The van der Waals surface area contributed by atoms with Gasteiger partial charge in [-0.05, 0) is 45.6 Å². The minimum atomic E-state index is -0.558. The predicted octanol–water partition coefficient (Wildman–Crippen LogP) is 3.78. The highest BCUT2D eigenvalue weighted by atomic mass is 16.4. The van der Waals surface area contributed by atoms with Gasteiger partial charge in [-0.15, -0.1) is 0 Å². The number of benzene rings is 2. The van der Waals surface area contributed by atoms with Crippen LogP contribution in [0.1, 0.15) is 34.1 Å². The second-order valence-electron chi connectivity index (χ2n) is 7.89. The highest BCUT2D eigenvalue weighted by Crippen LogP contribution is 2.32. The summed E-state index contributed by atoms with van der Waals surface area (Å²) in [5, 5.41) is 21.5. The smallest absolute Gasteiger partial charge is 0.233 e. The van der Waals surface area contributed by atoms with Crippen LogP contribution in [0, 0.1) is 5.92 Å². The van der Waals surface area contributed by atoms with E-state index in [0.29, 0.717) is 12.1 Å². The van der Waals surface area contributed by atoms with Crippen molar-refractivity contribution in [3.05, 3.63) is 42.5 Å². The fourth-order valence-electron chi connectivity index (χ4n) is 3.97. The zero-order valence-electron chi connectivity index (χ0n) is 15.1. The molecule has 0 saturated carbocycles. The number of nitrogens with zero attached hydrogens (tertiary/aromatic N) is 1. The molecule has 1 aliphatic rings. The molecule has 2 aromatic rings. The number of anilines is 1. The minimum Gasteiger partial charge on any atom is -0.411 e. The van der Waals surface area contributed by atoms with Crippen LogP contribution in [-0.2, 0) is 4.79 Å². The van der Waals surface area contributed by atoms with E-state index >= 15 is 0 Å². The molecular formula is C20H25N3O2. The number of fused-ring (bicyclic) bond motifs is 1. The van der Waals surface area contributed by atoms with E-state index in [0.717, 1.165) is 16.5 Å². The van der Waals surface area contributed by atoms with Crippen molar-refractivity contribution in [1.29, 1.82) is 0 Å². The lowest BCUT2D eigenvalue weighted by atomic mass is 9.74. The molecule has 1 amide bonds. The Kier molecular flexibility index (Phi) is 4.29. The number of rotatable bonds is 2. The molecule has 25 heavy (non-hydrogen) atoms. The van der Waals surface area contributed by atoms with Gasteiger partial charge in [-0.2, -0.15) is 0 Å². The number of hydrogen-bond donors (Lipinski definition) is 3. The lowest BCUT2D eigenvalue weighted by Crippen LogP contribution is -2.65. The second kappa shape index (κ2) is 6.15. The Morgan fingerprint density at radius 3 is 2.56 bits per heavy atom. The van der Waals surface area contributed by atoms with Crippen molar-refractivity contribution in [2.45, 2.75) is 45.2 Å². The molecule has 1 atom stereocenters. The van der Waals surface area contributed by atoms with E-state index < -0.39 is 11.5 Å². The quantitative estimate of drug-likeness (QED) is 0.576. The molecule has 1 aliphatic heterocycles. The molecule has 1 fully saturated rings. The van der Waals surface area contributed by atoms with E-state index in [1.54, 1.807) is 0 Å². The SMILES string of the molecule is CC1(C)CC(C(=O)Nc2cccc3ccccc23)C(=NO)C(C)(C)N1. The fraction of sp³-hybridized carbons (Fsp3) is 0.400. The first-order valence-corrected chi connectivity index (χ1v) is 8.54. The molecule has 0 aromatic heterocycles. The van der Waals surface area contributed by atoms with Gasteiger partial charge in [0.1, 0.15) is 0 Å². The zero-order valence-corrected chi connectivity index (χ0v) is 15.1. The second-order valence-corrected chi connectivity index (χ2v) is 7.89. The van der Waals surface area contributed by atoms with Crippen molar-refractivity contribution in [2.75, 3.05) is 5.32 Å². The molecule has 0 spiro atoms. The molecule has 3 rings (SSSR count). The first-order chi connectivity index (χ1) is 11.7. The summed E-state index contributed by atoms with van der Waals surface area (Å²) in [6.07, 6.45) is 0.562. The van der Waals surface area contributed by atoms with E-state index in [1.807, 2.05) is 56.3 Å². The maximum absolute atomic E-state index is 13.0. The van der Waals surface area contributed by atoms with Crippen molar-refractivity contribution in [3.63, 3.8) is 0 Å². The van der Waals surface area contributed by atoms with E-state index in [9.17, 15) is 10.0 Å². The number of piperidine rings is 1. The Morgan fingerprint density at radius 2 is 1.84 bits per heavy atom. The van der Waals surface area contributed by atoms with Gasteiger partial charge in [0, 0.05) is 16.6 Å². The average molecular weight is 339 g/mol. The Labute approximate surface area is 148 Å². The molecule has 1 unspecified atom stereocenters. The molecular weight excluding hydrogens is 314 g/mol. The summed E-state index contributed by atoms with van der Waals surface area (Å²) in [6, 6.07) is 13.8. The lowest BCUT2D eigenvalue weighted by molar-refractivity contribution is -0.119. The first kappa shape index (κ1) is 17.4. The summed E-state index contributed by atoms with van der Waals surface area (Å²) in [5.74, 6) is -0.637. The van der Waals surface area contributed by atoms with Gasteiger partial charge in [0.25, 0.3) is 0 Å². The van der Waals surface area contributed by atoms with Gasteiger partial charge in [-0.3, -0.25) is 4.79 Å². The van der Waals surface area contributed by atoms with Crippen LogP contribution < -0.4 is 10.6 Å². The zero-order chi connectivity index (χ0) is 18.2. The third kappa shape index (κ3) is 3.37. The highest BCUT2D eigenvalue weighted by Gasteiger charge is 2.46. The molecule has 2 aromatic carbocycles. The van der Waals surface area contributed by atoms with Crippen LogP contribution in [0.5, 0.6) is 0 Å².